The van der Waals surface area contributed by atoms with Crippen LogP contribution in [0.25, 0.3) is 0 Å². The Bertz CT molecular complexity index is 528. The number of rotatable bonds is 4. The van der Waals surface area contributed by atoms with Gasteiger partial charge in [-0.3, -0.25) is 9.59 Å². The van der Waals surface area contributed by atoms with Gasteiger partial charge >= 0.3 is 0 Å². The predicted octanol–water partition coefficient (Wildman–Crippen LogP) is 1.33. The van der Waals surface area contributed by atoms with Crippen LogP contribution in [-0.2, 0) is 9.59 Å². The molecule has 0 aliphatic carbocycles. The second kappa shape index (κ2) is 5.92. The number of carbonyl (C=O) groups is 2. The first-order valence-corrected chi connectivity index (χ1v) is 6.58. The maximum atomic E-state index is 11.9. The minimum Gasteiger partial charge on any atom is -0.482 e. The van der Waals surface area contributed by atoms with Crippen LogP contribution in [0.5, 0.6) is 5.75 Å². The number of carbonyl (C=O) groups excluding carboxylic acids is 2. The van der Waals surface area contributed by atoms with Crippen molar-refractivity contribution in [2.45, 2.75) is 26.3 Å². The molecule has 1 unspecified atom stereocenters. The number of benzene rings is 1. The van der Waals surface area contributed by atoms with E-state index in [1.54, 1.807) is 18.2 Å². The van der Waals surface area contributed by atoms with Crippen LogP contribution in [0.15, 0.2) is 18.2 Å². The molecular weight excluding hydrogens is 258 g/mol. The molecule has 2 rings (SSSR count). The van der Waals surface area contributed by atoms with Gasteiger partial charge in [0, 0.05) is 18.2 Å². The van der Waals surface area contributed by atoms with Gasteiger partial charge in [0.2, 0.25) is 5.91 Å². The SMILES string of the molecule is CC(C)C(N)CC(=O)Nc1ccc2c(c1)NC(=O)CO2. The lowest BCUT2D eigenvalue weighted by Gasteiger charge is -2.19. The van der Waals surface area contributed by atoms with Crippen LogP contribution in [0.1, 0.15) is 20.3 Å². The van der Waals surface area contributed by atoms with Gasteiger partial charge in [-0.15, -0.1) is 0 Å². The predicted molar refractivity (Wildman–Crippen MR) is 76.6 cm³/mol. The van der Waals surface area contributed by atoms with Crippen molar-refractivity contribution in [1.29, 1.82) is 0 Å². The molecule has 2 amide bonds. The Labute approximate surface area is 117 Å². The van der Waals surface area contributed by atoms with E-state index in [2.05, 4.69) is 10.6 Å². The third-order valence-electron chi connectivity index (χ3n) is 3.17. The van der Waals surface area contributed by atoms with Gasteiger partial charge < -0.3 is 21.1 Å². The molecule has 1 heterocycles. The standard InChI is InChI=1S/C14H19N3O3/c1-8(2)10(15)6-13(18)16-9-3-4-12-11(5-9)17-14(19)7-20-12/h3-5,8,10H,6-7,15H2,1-2H3,(H,16,18)(H,17,19). The quantitative estimate of drug-likeness (QED) is 0.774. The second-order valence-electron chi connectivity index (χ2n) is 5.21. The van der Waals surface area contributed by atoms with E-state index < -0.39 is 0 Å². The summed E-state index contributed by atoms with van der Waals surface area (Å²) in [5.74, 6) is 0.496. The minimum atomic E-state index is -0.206. The fourth-order valence-corrected chi connectivity index (χ4v) is 1.82. The number of hydrogen-bond acceptors (Lipinski definition) is 4. The van der Waals surface area contributed by atoms with E-state index in [4.69, 9.17) is 10.5 Å². The fraction of sp³-hybridized carbons (Fsp3) is 0.429. The van der Waals surface area contributed by atoms with E-state index in [-0.39, 0.29) is 36.8 Å². The van der Waals surface area contributed by atoms with Gasteiger partial charge in [0.25, 0.3) is 5.91 Å². The van der Waals surface area contributed by atoms with Gasteiger partial charge in [-0.2, -0.15) is 0 Å². The average Bonchev–Trinajstić information content (AvgIpc) is 2.37. The number of anilines is 2. The van der Waals surface area contributed by atoms with E-state index in [0.717, 1.165) is 0 Å². The highest BCUT2D eigenvalue weighted by Gasteiger charge is 2.17. The summed E-state index contributed by atoms with van der Waals surface area (Å²) in [6, 6.07) is 4.95. The van der Waals surface area contributed by atoms with Gasteiger partial charge in [-0.1, -0.05) is 13.8 Å². The fourth-order valence-electron chi connectivity index (χ4n) is 1.82. The normalized spacial score (nSPS) is 15.1. The van der Waals surface area contributed by atoms with Crippen LogP contribution in [-0.4, -0.2) is 24.5 Å². The first-order valence-electron chi connectivity index (χ1n) is 6.58. The lowest BCUT2D eigenvalue weighted by Crippen LogP contribution is -2.31. The van der Waals surface area contributed by atoms with Crippen molar-refractivity contribution in [2.24, 2.45) is 11.7 Å². The van der Waals surface area contributed by atoms with Crippen molar-refractivity contribution >= 4 is 23.2 Å². The first kappa shape index (κ1) is 14.3. The number of ether oxygens (including phenoxy) is 1. The molecule has 20 heavy (non-hydrogen) atoms. The number of hydrogen-bond donors (Lipinski definition) is 3. The molecule has 108 valence electrons. The summed E-state index contributed by atoms with van der Waals surface area (Å²) < 4.78 is 5.25. The molecular formula is C14H19N3O3. The number of amides is 2. The average molecular weight is 277 g/mol. The molecule has 4 N–H and O–H groups in total. The van der Waals surface area contributed by atoms with Gasteiger partial charge in [0.1, 0.15) is 5.75 Å². The summed E-state index contributed by atoms with van der Waals surface area (Å²) >= 11 is 0. The van der Waals surface area contributed by atoms with E-state index in [1.165, 1.54) is 0 Å². The van der Waals surface area contributed by atoms with Crippen molar-refractivity contribution in [2.75, 3.05) is 17.2 Å². The Morgan fingerprint density at radius 3 is 2.95 bits per heavy atom. The first-order chi connectivity index (χ1) is 9.45. The van der Waals surface area contributed by atoms with Crippen LogP contribution >= 0.6 is 0 Å². The zero-order valence-electron chi connectivity index (χ0n) is 11.6. The van der Waals surface area contributed by atoms with Crippen LogP contribution in [0.3, 0.4) is 0 Å². The summed E-state index contributed by atoms with van der Waals surface area (Å²) in [5, 5.41) is 5.46. The van der Waals surface area contributed by atoms with Crippen molar-refractivity contribution in [3.63, 3.8) is 0 Å². The molecule has 0 aromatic heterocycles. The summed E-state index contributed by atoms with van der Waals surface area (Å²) in [5.41, 5.74) is 7.03. The van der Waals surface area contributed by atoms with Gasteiger partial charge in [0.05, 0.1) is 5.69 Å². The van der Waals surface area contributed by atoms with E-state index >= 15 is 0 Å². The van der Waals surface area contributed by atoms with E-state index in [9.17, 15) is 9.59 Å². The lowest BCUT2D eigenvalue weighted by atomic mass is 10.0. The second-order valence-corrected chi connectivity index (χ2v) is 5.21. The van der Waals surface area contributed by atoms with Crippen molar-refractivity contribution < 1.29 is 14.3 Å². The Morgan fingerprint density at radius 1 is 1.50 bits per heavy atom. The summed E-state index contributed by atoms with van der Waals surface area (Å²) in [6.45, 7) is 3.97. The third kappa shape index (κ3) is 3.48. The minimum absolute atomic E-state index is 0.0158. The smallest absolute Gasteiger partial charge is 0.262 e. The van der Waals surface area contributed by atoms with Gasteiger partial charge in [-0.05, 0) is 24.1 Å². The number of nitrogens with one attached hydrogen (secondary N) is 2. The Kier molecular flexibility index (Phi) is 4.24. The number of nitrogens with two attached hydrogens (primary N) is 1. The molecule has 1 aliphatic rings. The lowest BCUT2D eigenvalue weighted by molar-refractivity contribution is -0.118. The number of fused-ring (bicyclic) bond motifs is 1. The van der Waals surface area contributed by atoms with E-state index in [1.807, 2.05) is 13.8 Å². The highest BCUT2D eigenvalue weighted by atomic mass is 16.5. The third-order valence-corrected chi connectivity index (χ3v) is 3.17. The zero-order chi connectivity index (χ0) is 14.7. The molecule has 0 saturated heterocycles. The molecule has 0 bridgehead atoms. The topological polar surface area (TPSA) is 93.5 Å². The van der Waals surface area contributed by atoms with Gasteiger partial charge in [0.15, 0.2) is 6.61 Å². The molecule has 0 saturated carbocycles. The van der Waals surface area contributed by atoms with Crippen LogP contribution in [0, 0.1) is 5.92 Å². The maximum Gasteiger partial charge on any atom is 0.262 e. The van der Waals surface area contributed by atoms with Crippen LogP contribution < -0.4 is 21.1 Å². The maximum absolute atomic E-state index is 11.9. The molecule has 6 heteroatoms. The van der Waals surface area contributed by atoms with E-state index in [0.29, 0.717) is 17.1 Å². The van der Waals surface area contributed by atoms with Crippen molar-refractivity contribution in [3.8, 4) is 5.75 Å². The molecule has 0 fully saturated rings. The molecule has 6 nitrogen and oxygen atoms in total. The monoisotopic (exact) mass is 277 g/mol. The Hall–Kier alpha value is -2.08. The molecule has 1 aliphatic heterocycles. The Balaban J connectivity index is 2.02. The highest BCUT2D eigenvalue weighted by Crippen LogP contribution is 2.30. The summed E-state index contributed by atoms with van der Waals surface area (Å²) in [6.07, 6.45) is 0.262. The zero-order valence-corrected chi connectivity index (χ0v) is 11.6. The van der Waals surface area contributed by atoms with Crippen molar-refractivity contribution in [3.05, 3.63) is 18.2 Å². The van der Waals surface area contributed by atoms with Crippen molar-refractivity contribution in [1.82, 2.24) is 0 Å². The summed E-state index contributed by atoms with van der Waals surface area (Å²) in [7, 11) is 0. The summed E-state index contributed by atoms with van der Waals surface area (Å²) in [4.78, 5) is 23.1. The van der Waals surface area contributed by atoms with Crippen LogP contribution in [0.4, 0.5) is 11.4 Å². The molecule has 0 spiro atoms. The molecule has 1 atom stereocenters. The highest BCUT2D eigenvalue weighted by molar-refractivity contribution is 5.97. The molecule has 1 aromatic carbocycles. The molecule has 0 radical (unpaired) electrons. The largest absolute Gasteiger partial charge is 0.482 e. The van der Waals surface area contributed by atoms with Gasteiger partial charge in [-0.25, -0.2) is 0 Å². The molecule has 1 aromatic rings. The van der Waals surface area contributed by atoms with Crippen LogP contribution in [0.2, 0.25) is 0 Å². The Morgan fingerprint density at radius 2 is 2.25 bits per heavy atom.